The van der Waals surface area contributed by atoms with Gasteiger partial charge in [0.2, 0.25) is 0 Å². The minimum absolute atomic E-state index is 0.0191. The Morgan fingerprint density at radius 1 is 1.33 bits per heavy atom. The summed E-state index contributed by atoms with van der Waals surface area (Å²) in [5.41, 5.74) is 0.0265. The first-order valence-corrected chi connectivity index (χ1v) is 7.20. The summed E-state index contributed by atoms with van der Waals surface area (Å²) in [6, 6.07) is 3.32. The molecule has 2 unspecified atom stereocenters. The Kier molecular flexibility index (Phi) is 3.95. The smallest absolute Gasteiger partial charge is 0.165 e. The molecule has 0 saturated heterocycles. The van der Waals surface area contributed by atoms with Crippen LogP contribution in [0.25, 0.3) is 0 Å². The Morgan fingerprint density at radius 3 is 2.56 bits per heavy atom. The molecule has 0 amide bonds. The maximum atomic E-state index is 13.5. The molecule has 0 heterocycles. The minimum atomic E-state index is -0.504. The predicted octanol–water partition coefficient (Wildman–Crippen LogP) is 4.69. The van der Waals surface area contributed by atoms with E-state index in [1.54, 1.807) is 0 Å². The minimum Gasteiger partial charge on any atom is -0.487 e. The van der Waals surface area contributed by atoms with Gasteiger partial charge in [0.1, 0.15) is 11.9 Å². The van der Waals surface area contributed by atoms with Crippen molar-refractivity contribution in [1.82, 2.24) is 0 Å². The van der Waals surface area contributed by atoms with Gasteiger partial charge in [0, 0.05) is 16.3 Å². The van der Waals surface area contributed by atoms with Crippen molar-refractivity contribution in [2.75, 3.05) is 0 Å². The molecule has 0 aliphatic heterocycles. The molecule has 4 heteroatoms. The van der Waals surface area contributed by atoms with Gasteiger partial charge in [0.25, 0.3) is 0 Å². The lowest BCUT2D eigenvalue weighted by atomic mass is 9.62. The maximum Gasteiger partial charge on any atom is 0.165 e. The molecule has 2 atom stereocenters. The standard InChI is InChI=1S/C14H17BrF2O/c1-3-14(4-2)12(15)8-13(14)18-11-7-9(16)5-6-10(11)17/h5-7,12-13H,3-4,8H2,1-2H3. The van der Waals surface area contributed by atoms with Crippen molar-refractivity contribution >= 4 is 15.9 Å². The molecule has 1 aromatic rings. The van der Waals surface area contributed by atoms with Gasteiger partial charge in [-0.25, -0.2) is 8.78 Å². The van der Waals surface area contributed by atoms with Gasteiger partial charge in [-0.05, 0) is 31.4 Å². The fourth-order valence-electron chi connectivity index (χ4n) is 2.73. The summed E-state index contributed by atoms with van der Waals surface area (Å²) < 4.78 is 32.3. The van der Waals surface area contributed by atoms with E-state index < -0.39 is 11.6 Å². The van der Waals surface area contributed by atoms with Gasteiger partial charge in [-0.2, -0.15) is 0 Å². The summed E-state index contributed by atoms with van der Waals surface area (Å²) in [6.07, 6.45) is 2.70. The first-order valence-electron chi connectivity index (χ1n) is 6.29. The van der Waals surface area contributed by atoms with Crippen LogP contribution in [-0.2, 0) is 0 Å². The summed E-state index contributed by atoms with van der Waals surface area (Å²) >= 11 is 3.64. The van der Waals surface area contributed by atoms with Crippen LogP contribution in [0.1, 0.15) is 33.1 Å². The van der Waals surface area contributed by atoms with Gasteiger partial charge in [-0.3, -0.25) is 0 Å². The van der Waals surface area contributed by atoms with E-state index in [0.717, 1.165) is 37.5 Å². The number of halogens is 3. The van der Waals surface area contributed by atoms with E-state index in [-0.39, 0.29) is 17.3 Å². The highest BCUT2D eigenvalue weighted by Crippen LogP contribution is 2.52. The second-order valence-corrected chi connectivity index (χ2v) is 5.93. The summed E-state index contributed by atoms with van der Waals surface area (Å²) in [5.74, 6) is -0.957. The molecule has 100 valence electrons. The molecular formula is C14H17BrF2O. The van der Waals surface area contributed by atoms with Crippen molar-refractivity contribution in [3.63, 3.8) is 0 Å². The molecule has 18 heavy (non-hydrogen) atoms. The number of ether oxygens (including phenoxy) is 1. The topological polar surface area (TPSA) is 9.23 Å². The van der Waals surface area contributed by atoms with E-state index in [4.69, 9.17) is 4.74 Å². The van der Waals surface area contributed by atoms with Crippen LogP contribution >= 0.6 is 15.9 Å². The number of benzene rings is 1. The molecule has 1 aliphatic carbocycles. The molecular weight excluding hydrogens is 302 g/mol. The summed E-state index contributed by atoms with van der Waals surface area (Å²) in [4.78, 5) is 0.390. The zero-order valence-corrected chi connectivity index (χ0v) is 12.1. The zero-order valence-electron chi connectivity index (χ0n) is 10.6. The molecule has 0 radical (unpaired) electrons. The molecule has 2 rings (SSSR count). The highest BCUT2D eigenvalue weighted by Gasteiger charge is 2.53. The van der Waals surface area contributed by atoms with Crippen LogP contribution in [-0.4, -0.2) is 10.9 Å². The Hall–Kier alpha value is -0.640. The lowest BCUT2D eigenvalue weighted by molar-refractivity contribution is -0.0431. The van der Waals surface area contributed by atoms with Gasteiger partial charge in [-0.15, -0.1) is 0 Å². The highest BCUT2D eigenvalue weighted by atomic mass is 79.9. The third kappa shape index (κ3) is 2.15. The van der Waals surface area contributed by atoms with Crippen molar-refractivity contribution in [2.45, 2.75) is 44.0 Å². The lowest BCUT2D eigenvalue weighted by Gasteiger charge is -2.52. The van der Waals surface area contributed by atoms with E-state index in [0.29, 0.717) is 4.83 Å². The van der Waals surface area contributed by atoms with Gasteiger partial charge >= 0.3 is 0 Å². The summed E-state index contributed by atoms with van der Waals surface area (Å²) in [6.45, 7) is 4.21. The van der Waals surface area contributed by atoms with Crippen molar-refractivity contribution in [3.8, 4) is 5.75 Å². The van der Waals surface area contributed by atoms with Crippen LogP contribution in [0.5, 0.6) is 5.75 Å². The van der Waals surface area contributed by atoms with Crippen LogP contribution in [0, 0.1) is 17.0 Å². The SMILES string of the molecule is CCC1(CC)C(Br)CC1Oc1cc(F)ccc1F. The number of rotatable bonds is 4. The number of hydrogen-bond acceptors (Lipinski definition) is 1. The van der Waals surface area contributed by atoms with Crippen molar-refractivity contribution in [1.29, 1.82) is 0 Å². The van der Waals surface area contributed by atoms with E-state index in [1.807, 2.05) is 0 Å². The highest BCUT2D eigenvalue weighted by molar-refractivity contribution is 9.09. The fraction of sp³-hybridized carbons (Fsp3) is 0.571. The van der Waals surface area contributed by atoms with Gasteiger partial charge in [0.05, 0.1) is 0 Å². The molecule has 1 aromatic carbocycles. The Bertz CT molecular complexity index is 432. The van der Waals surface area contributed by atoms with Crippen molar-refractivity contribution in [3.05, 3.63) is 29.8 Å². The molecule has 1 fully saturated rings. The lowest BCUT2D eigenvalue weighted by Crippen LogP contribution is -2.56. The van der Waals surface area contributed by atoms with Gasteiger partial charge in [0.15, 0.2) is 11.6 Å². The normalized spacial score (nSPS) is 25.6. The average Bonchev–Trinajstić information content (AvgIpc) is 2.35. The average molecular weight is 319 g/mol. The number of alkyl halides is 1. The molecule has 1 nitrogen and oxygen atoms in total. The van der Waals surface area contributed by atoms with Gasteiger partial charge < -0.3 is 4.74 Å². The first kappa shape index (κ1) is 13.8. The molecule has 0 aromatic heterocycles. The second-order valence-electron chi connectivity index (χ2n) is 4.82. The Balaban J connectivity index is 2.17. The molecule has 0 N–H and O–H groups in total. The third-order valence-electron chi connectivity index (χ3n) is 4.17. The summed E-state index contributed by atoms with van der Waals surface area (Å²) in [5, 5.41) is 0. The van der Waals surface area contributed by atoms with Gasteiger partial charge in [-0.1, -0.05) is 29.8 Å². The van der Waals surface area contributed by atoms with Crippen molar-refractivity contribution in [2.24, 2.45) is 5.41 Å². The quantitative estimate of drug-likeness (QED) is 0.732. The van der Waals surface area contributed by atoms with E-state index in [9.17, 15) is 8.78 Å². The molecule has 1 aliphatic rings. The molecule has 0 bridgehead atoms. The van der Waals surface area contributed by atoms with Crippen molar-refractivity contribution < 1.29 is 13.5 Å². The first-order chi connectivity index (χ1) is 8.53. The van der Waals surface area contributed by atoms with E-state index in [2.05, 4.69) is 29.8 Å². The maximum absolute atomic E-state index is 13.5. The summed E-state index contributed by atoms with van der Waals surface area (Å²) in [7, 11) is 0. The van der Waals surface area contributed by atoms with E-state index in [1.165, 1.54) is 0 Å². The largest absolute Gasteiger partial charge is 0.487 e. The fourth-order valence-corrected chi connectivity index (χ4v) is 4.01. The monoisotopic (exact) mass is 318 g/mol. The Labute approximate surface area is 115 Å². The third-order valence-corrected chi connectivity index (χ3v) is 5.45. The van der Waals surface area contributed by atoms with Crippen LogP contribution in [0.4, 0.5) is 8.78 Å². The zero-order chi connectivity index (χ0) is 13.3. The molecule has 1 saturated carbocycles. The van der Waals surface area contributed by atoms with E-state index >= 15 is 0 Å². The van der Waals surface area contributed by atoms with Crippen LogP contribution in [0.15, 0.2) is 18.2 Å². The predicted molar refractivity (Wildman–Crippen MR) is 71.1 cm³/mol. The van der Waals surface area contributed by atoms with Crippen LogP contribution in [0.2, 0.25) is 0 Å². The second kappa shape index (κ2) is 5.16. The molecule has 0 spiro atoms. The van der Waals surface area contributed by atoms with Crippen LogP contribution in [0.3, 0.4) is 0 Å². The van der Waals surface area contributed by atoms with Crippen LogP contribution < -0.4 is 4.74 Å². The number of hydrogen-bond donors (Lipinski definition) is 0. The Morgan fingerprint density at radius 2 is 2.00 bits per heavy atom.